The van der Waals surface area contributed by atoms with Crippen molar-refractivity contribution < 1.29 is 14.3 Å². The zero-order valence-electron chi connectivity index (χ0n) is 19.4. The van der Waals surface area contributed by atoms with Crippen LogP contribution in [0, 0.1) is 20.8 Å². The summed E-state index contributed by atoms with van der Waals surface area (Å²) >= 11 is 1.50. The molecule has 4 rings (SSSR count). The first kappa shape index (κ1) is 23.4. The van der Waals surface area contributed by atoms with Gasteiger partial charge in [0, 0.05) is 23.5 Å². The molecule has 3 aromatic heterocycles. The number of hydrogen-bond donors (Lipinski definition) is 1. The van der Waals surface area contributed by atoms with Gasteiger partial charge in [0.25, 0.3) is 5.56 Å². The van der Waals surface area contributed by atoms with Crippen molar-refractivity contribution in [2.45, 2.75) is 40.7 Å². The quantitative estimate of drug-likeness (QED) is 0.404. The fraction of sp³-hybridized carbons (Fsp3) is 0.292. The van der Waals surface area contributed by atoms with Gasteiger partial charge in [0.05, 0.1) is 35.9 Å². The van der Waals surface area contributed by atoms with Gasteiger partial charge in [-0.1, -0.05) is 6.07 Å². The van der Waals surface area contributed by atoms with E-state index in [9.17, 15) is 14.4 Å². The van der Waals surface area contributed by atoms with Crippen LogP contribution in [-0.4, -0.2) is 37.8 Å². The van der Waals surface area contributed by atoms with Gasteiger partial charge >= 0.3 is 5.97 Å². The van der Waals surface area contributed by atoms with Crippen LogP contribution < -0.4 is 10.9 Å². The lowest BCUT2D eigenvalue weighted by Crippen LogP contribution is -2.23. The molecule has 0 aliphatic heterocycles. The molecular weight excluding hydrogens is 454 g/mol. The van der Waals surface area contributed by atoms with E-state index < -0.39 is 5.97 Å². The number of nitrogens with one attached hydrogen (secondary N) is 1. The van der Waals surface area contributed by atoms with Gasteiger partial charge in [-0.15, -0.1) is 11.3 Å². The van der Waals surface area contributed by atoms with E-state index in [4.69, 9.17) is 4.74 Å². The van der Waals surface area contributed by atoms with Crippen molar-refractivity contribution in [3.8, 4) is 5.69 Å². The number of esters is 1. The molecule has 34 heavy (non-hydrogen) atoms. The third kappa shape index (κ3) is 4.49. The predicted octanol–water partition coefficient (Wildman–Crippen LogP) is 3.77. The number of aromatic nitrogens is 4. The summed E-state index contributed by atoms with van der Waals surface area (Å²) in [7, 11) is 0. The highest BCUT2D eigenvalue weighted by atomic mass is 32.1. The van der Waals surface area contributed by atoms with Gasteiger partial charge in [-0.3, -0.25) is 14.2 Å². The SMILES string of the molecule is CCOC(=O)c1cnn(-c2cccc(NC(=O)CCn3cnc4sc(C)c(C)c4c3=O)c2)c1C. The minimum atomic E-state index is -0.425. The van der Waals surface area contributed by atoms with E-state index in [1.165, 1.54) is 28.4 Å². The fourth-order valence-corrected chi connectivity index (χ4v) is 4.66. The third-order valence-corrected chi connectivity index (χ3v) is 6.73. The molecule has 0 bridgehead atoms. The molecule has 0 unspecified atom stereocenters. The Morgan fingerprint density at radius 2 is 2.00 bits per heavy atom. The minimum absolute atomic E-state index is 0.118. The average Bonchev–Trinajstić information content (AvgIpc) is 3.33. The van der Waals surface area contributed by atoms with Gasteiger partial charge in [-0.2, -0.15) is 5.10 Å². The predicted molar refractivity (Wildman–Crippen MR) is 131 cm³/mol. The van der Waals surface area contributed by atoms with Crippen molar-refractivity contribution in [1.82, 2.24) is 19.3 Å². The molecule has 0 fully saturated rings. The Kier molecular flexibility index (Phi) is 6.60. The zero-order valence-corrected chi connectivity index (χ0v) is 20.2. The molecule has 0 aliphatic carbocycles. The van der Waals surface area contributed by atoms with E-state index in [1.54, 1.807) is 36.7 Å². The Labute approximate surface area is 200 Å². The second kappa shape index (κ2) is 9.60. The maximum atomic E-state index is 12.8. The Balaban J connectivity index is 1.46. The van der Waals surface area contributed by atoms with E-state index in [2.05, 4.69) is 15.4 Å². The van der Waals surface area contributed by atoms with Crippen LogP contribution in [0.5, 0.6) is 0 Å². The first-order valence-corrected chi connectivity index (χ1v) is 11.7. The summed E-state index contributed by atoms with van der Waals surface area (Å²) in [6.07, 6.45) is 3.08. The van der Waals surface area contributed by atoms with E-state index >= 15 is 0 Å². The van der Waals surface area contributed by atoms with E-state index in [1.807, 2.05) is 19.9 Å². The lowest BCUT2D eigenvalue weighted by molar-refractivity contribution is -0.116. The highest BCUT2D eigenvalue weighted by Gasteiger charge is 2.17. The van der Waals surface area contributed by atoms with Gasteiger partial charge in [0.2, 0.25) is 5.91 Å². The van der Waals surface area contributed by atoms with Crippen LogP contribution in [0.15, 0.2) is 41.6 Å². The molecule has 176 valence electrons. The van der Waals surface area contributed by atoms with Crippen LogP contribution in [0.3, 0.4) is 0 Å². The normalized spacial score (nSPS) is 11.1. The fourth-order valence-electron chi connectivity index (χ4n) is 3.67. The molecule has 10 heteroatoms. The van der Waals surface area contributed by atoms with E-state index in [0.717, 1.165) is 15.3 Å². The van der Waals surface area contributed by atoms with E-state index in [-0.39, 0.29) is 31.0 Å². The first-order chi connectivity index (χ1) is 16.3. The number of benzene rings is 1. The molecule has 1 aromatic carbocycles. The molecular formula is C24H25N5O4S. The number of amides is 1. The summed E-state index contributed by atoms with van der Waals surface area (Å²) in [5.74, 6) is -0.654. The van der Waals surface area contributed by atoms with Gasteiger partial charge in [-0.25, -0.2) is 14.5 Å². The molecule has 1 N–H and O–H groups in total. The number of thiophene rings is 1. The van der Waals surface area contributed by atoms with Gasteiger partial charge in [0.15, 0.2) is 0 Å². The second-order valence-corrected chi connectivity index (χ2v) is 9.03. The highest BCUT2D eigenvalue weighted by molar-refractivity contribution is 7.18. The number of hydrogen-bond acceptors (Lipinski definition) is 7. The summed E-state index contributed by atoms with van der Waals surface area (Å²) in [5.41, 5.74) is 3.12. The monoisotopic (exact) mass is 479 g/mol. The molecule has 3 heterocycles. The topological polar surface area (TPSA) is 108 Å². The minimum Gasteiger partial charge on any atom is -0.462 e. The Hall–Kier alpha value is -3.79. The number of aryl methyl sites for hydroxylation is 3. The number of fused-ring (bicyclic) bond motifs is 1. The molecule has 0 radical (unpaired) electrons. The maximum absolute atomic E-state index is 12.8. The summed E-state index contributed by atoms with van der Waals surface area (Å²) in [5, 5.41) is 7.77. The van der Waals surface area contributed by atoms with Crippen molar-refractivity contribution in [1.29, 1.82) is 0 Å². The van der Waals surface area contributed by atoms with Crippen molar-refractivity contribution in [2.75, 3.05) is 11.9 Å². The Bertz CT molecular complexity index is 1450. The van der Waals surface area contributed by atoms with E-state index in [0.29, 0.717) is 28.0 Å². The molecule has 0 saturated carbocycles. The van der Waals surface area contributed by atoms with Crippen LogP contribution in [0.4, 0.5) is 5.69 Å². The standard InChI is InChI=1S/C24H25N5O4S/c1-5-33-24(32)19-12-26-29(15(19)3)18-8-6-7-17(11-18)27-20(30)9-10-28-13-25-22-21(23(28)31)14(2)16(4)34-22/h6-8,11-13H,5,9-10H2,1-4H3,(H,27,30). The molecule has 9 nitrogen and oxygen atoms in total. The zero-order chi connectivity index (χ0) is 24.4. The average molecular weight is 480 g/mol. The summed E-state index contributed by atoms with van der Waals surface area (Å²) in [4.78, 5) is 43.6. The Morgan fingerprint density at radius 1 is 1.21 bits per heavy atom. The number of ether oxygens (including phenoxy) is 1. The molecule has 0 atom stereocenters. The highest BCUT2D eigenvalue weighted by Crippen LogP contribution is 2.25. The molecule has 0 spiro atoms. The van der Waals surface area contributed by atoms with Crippen LogP contribution >= 0.6 is 11.3 Å². The van der Waals surface area contributed by atoms with Crippen molar-refractivity contribution in [3.63, 3.8) is 0 Å². The lowest BCUT2D eigenvalue weighted by atomic mass is 10.2. The second-order valence-electron chi connectivity index (χ2n) is 7.83. The summed E-state index contributed by atoms with van der Waals surface area (Å²) in [6.45, 7) is 7.92. The molecule has 1 amide bonds. The van der Waals surface area contributed by atoms with Gasteiger partial charge in [-0.05, 0) is 51.5 Å². The number of carbonyl (C=O) groups excluding carboxylic acids is 2. The lowest BCUT2D eigenvalue weighted by Gasteiger charge is -2.10. The number of rotatable bonds is 7. The first-order valence-electron chi connectivity index (χ1n) is 10.9. The largest absolute Gasteiger partial charge is 0.462 e. The molecule has 4 aromatic rings. The smallest absolute Gasteiger partial charge is 0.341 e. The van der Waals surface area contributed by atoms with Crippen LogP contribution in [-0.2, 0) is 16.1 Å². The summed E-state index contributed by atoms with van der Waals surface area (Å²) < 4.78 is 8.15. The maximum Gasteiger partial charge on any atom is 0.341 e. The Morgan fingerprint density at radius 3 is 2.76 bits per heavy atom. The van der Waals surface area contributed by atoms with Crippen LogP contribution in [0.1, 0.15) is 39.8 Å². The van der Waals surface area contributed by atoms with Crippen LogP contribution in [0.2, 0.25) is 0 Å². The number of carbonyl (C=O) groups is 2. The number of anilines is 1. The number of nitrogens with zero attached hydrogens (tertiary/aromatic N) is 4. The van der Waals surface area contributed by atoms with Crippen LogP contribution in [0.25, 0.3) is 15.9 Å². The third-order valence-electron chi connectivity index (χ3n) is 5.62. The van der Waals surface area contributed by atoms with Gasteiger partial charge < -0.3 is 10.1 Å². The van der Waals surface area contributed by atoms with Crippen molar-refractivity contribution in [2.24, 2.45) is 0 Å². The van der Waals surface area contributed by atoms with Gasteiger partial charge in [0.1, 0.15) is 10.4 Å². The van der Waals surface area contributed by atoms with Crippen molar-refractivity contribution in [3.05, 3.63) is 68.8 Å². The molecule has 0 saturated heterocycles. The molecule has 0 aliphatic rings. The summed E-state index contributed by atoms with van der Waals surface area (Å²) in [6, 6.07) is 7.16. The van der Waals surface area contributed by atoms with Crippen molar-refractivity contribution >= 4 is 39.1 Å².